The van der Waals surface area contributed by atoms with Crippen LogP contribution in [0.15, 0.2) is 12.1 Å². The lowest BCUT2D eigenvalue weighted by atomic mass is 10.1. The molecule has 1 aromatic carbocycles. The molecule has 0 radical (unpaired) electrons. The first kappa shape index (κ1) is 14.3. The summed E-state index contributed by atoms with van der Waals surface area (Å²) >= 11 is 0. The molecule has 0 unspecified atom stereocenters. The SMILES string of the molecule is CC(=O)CCCCN1C(=O)C(=O)c2c(F)cc(F)cc21. The average Bonchev–Trinajstić information content (AvgIpc) is 2.58. The summed E-state index contributed by atoms with van der Waals surface area (Å²) in [5, 5.41) is 0. The molecule has 0 saturated carbocycles. The fourth-order valence-corrected chi connectivity index (χ4v) is 2.20. The van der Waals surface area contributed by atoms with E-state index in [0.29, 0.717) is 25.3 Å². The highest BCUT2D eigenvalue weighted by Gasteiger charge is 2.38. The lowest BCUT2D eigenvalue weighted by molar-refractivity contribution is -0.117. The molecule has 0 atom stereocenters. The number of nitrogens with zero attached hydrogens (tertiary/aromatic N) is 1. The number of fused-ring (bicyclic) bond motifs is 1. The van der Waals surface area contributed by atoms with Crippen molar-refractivity contribution in [1.82, 2.24) is 0 Å². The van der Waals surface area contributed by atoms with Gasteiger partial charge in [0, 0.05) is 19.0 Å². The Kier molecular flexibility index (Phi) is 3.92. The third kappa shape index (κ3) is 2.59. The molecule has 1 aromatic rings. The van der Waals surface area contributed by atoms with Crippen molar-refractivity contribution in [2.24, 2.45) is 0 Å². The van der Waals surface area contributed by atoms with E-state index in [1.807, 2.05) is 0 Å². The summed E-state index contributed by atoms with van der Waals surface area (Å²) in [6.07, 6.45) is 1.41. The molecule has 0 N–H and O–H groups in total. The summed E-state index contributed by atoms with van der Waals surface area (Å²) < 4.78 is 26.8. The minimum atomic E-state index is -1.02. The second kappa shape index (κ2) is 5.48. The minimum absolute atomic E-state index is 0.0275. The Labute approximate surface area is 114 Å². The van der Waals surface area contributed by atoms with Gasteiger partial charge in [0.05, 0.1) is 11.3 Å². The Hall–Kier alpha value is -2.11. The first-order chi connectivity index (χ1) is 9.41. The van der Waals surface area contributed by atoms with Crippen LogP contribution < -0.4 is 4.90 Å². The maximum absolute atomic E-state index is 13.6. The number of Topliss-reactive ketones (excluding diaryl/α,β-unsaturated/α-hetero) is 2. The molecule has 1 aliphatic rings. The van der Waals surface area contributed by atoms with E-state index in [1.54, 1.807) is 0 Å². The van der Waals surface area contributed by atoms with Gasteiger partial charge in [-0.15, -0.1) is 0 Å². The Morgan fingerprint density at radius 3 is 2.55 bits per heavy atom. The van der Waals surface area contributed by atoms with E-state index in [2.05, 4.69) is 0 Å². The van der Waals surface area contributed by atoms with Crippen molar-refractivity contribution in [3.05, 3.63) is 29.3 Å². The number of hydrogen-bond acceptors (Lipinski definition) is 3. The monoisotopic (exact) mass is 281 g/mol. The number of unbranched alkanes of at least 4 members (excludes halogenated alkanes) is 1. The Balaban J connectivity index is 2.18. The average molecular weight is 281 g/mol. The molecular weight excluding hydrogens is 268 g/mol. The van der Waals surface area contributed by atoms with Crippen LogP contribution in [-0.4, -0.2) is 24.0 Å². The largest absolute Gasteiger partial charge is 0.305 e. The van der Waals surface area contributed by atoms with Crippen molar-refractivity contribution in [2.45, 2.75) is 26.2 Å². The summed E-state index contributed by atoms with van der Waals surface area (Å²) in [5.74, 6) is -3.63. The number of ketones is 2. The molecule has 0 fully saturated rings. The number of benzene rings is 1. The van der Waals surface area contributed by atoms with Crippen LogP contribution in [0.2, 0.25) is 0 Å². The van der Waals surface area contributed by atoms with Crippen LogP contribution in [0.1, 0.15) is 36.5 Å². The van der Waals surface area contributed by atoms with E-state index in [4.69, 9.17) is 0 Å². The van der Waals surface area contributed by atoms with Gasteiger partial charge in [0.1, 0.15) is 17.4 Å². The van der Waals surface area contributed by atoms with Crippen molar-refractivity contribution in [3.63, 3.8) is 0 Å². The van der Waals surface area contributed by atoms with Gasteiger partial charge in [-0.25, -0.2) is 8.78 Å². The molecule has 0 bridgehead atoms. The predicted molar refractivity (Wildman–Crippen MR) is 67.6 cm³/mol. The quantitative estimate of drug-likeness (QED) is 0.614. The maximum Gasteiger partial charge on any atom is 0.299 e. The van der Waals surface area contributed by atoms with E-state index in [0.717, 1.165) is 11.0 Å². The number of halogens is 2. The third-order valence-corrected chi connectivity index (χ3v) is 3.15. The molecule has 0 aliphatic carbocycles. The van der Waals surface area contributed by atoms with Crippen LogP contribution in [0.25, 0.3) is 0 Å². The number of anilines is 1. The molecule has 4 nitrogen and oxygen atoms in total. The molecule has 1 amide bonds. The molecule has 0 aromatic heterocycles. The van der Waals surface area contributed by atoms with Gasteiger partial charge in [-0.2, -0.15) is 0 Å². The molecule has 2 rings (SSSR count). The van der Waals surface area contributed by atoms with Gasteiger partial charge in [0.25, 0.3) is 11.7 Å². The summed E-state index contributed by atoms with van der Waals surface area (Å²) in [6.45, 7) is 1.62. The van der Waals surface area contributed by atoms with Crippen molar-refractivity contribution in [1.29, 1.82) is 0 Å². The van der Waals surface area contributed by atoms with Gasteiger partial charge >= 0.3 is 0 Å². The van der Waals surface area contributed by atoms with Crippen LogP contribution in [0, 0.1) is 11.6 Å². The number of amides is 1. The van der Waals surface area contributed by atoms with Gasteiger partial charge in [-0.3, -0.25) is 9.59 Å². The zero-order valence-corrected chi connectivity index (χ0v) is 10.9. The number of carbonyl (C=O) groups is 3. The Morgan fingerprint density at radius 2 is 1.90 bits per heavy atom. The molecule has 0 saturated heterocycles. The van der Waals surface area contributed by atoms with Crippen LogP contribution in [0.3, 0.4) is 0 Å². The number of rotatable bonds is 5. The summed E-state index contributed by atoms with van der Waals surface area (Å²) in [5.41, 5.74) is -0.400. The summed E-state index contributed by atoms with van der Waals surface area (Å²) in [4.78, 5) is 35.3. The second-order valence-electron chi connectivity index (χ2n) is 4.73. The molecule has 1 heterocycles. The normalized spacial score (nSPS) is 13.8. The summed E-state index contributed by atoms with van der Waals surface area (Å²) in [7, 11) is 0. The second-order valence-corrected chi connectivity index (χ2v) is 4.73. The van der Waals surface area contributed by atoms with Gasteiger partial charge in [-0.05, 0) is 25.8 Å². The lowest BCUT2D eigenvalue weighted by Gasteiger charge is -2.16. The van der Waals surface area contributed by atoms with Crippen LogP contribution >= 0.6 is 0 Å². The lowest BCUT2D eigenvalue weighted by Crippen LogP contribution is -2.30. The standard InChI is InChI=1S/C14H13F2NO3/c1-8(18)4-2-3-5-17-11-7-9(15)6-10(16)12(11)13(19)14(17)20/h6-7H,2-5H2,1H3. The fraction of sp³-hybridized carbons (Fsp3) is 0.357. The number of carbonyl (C=O) groups excluding carboxylic acids is 3. The number of hydrogen-bond donors (Lipinski definition) is 0. The Bertz CT molecular complexity index is 598. The summed E-state index contributed by atoms with van der Waals surface area (Å²) in [6, 6.07) is 1.56. The molecular formula is C14H13F2NO3. The molecule has 6 heteroatoms. The first-order valence-electron chi connectivity index (χ1n) is 6.26. The molecule has 106 valence electrons. The van der Waals surface area contributed by atoms with Gasteiger partial charge in [0.2, 0.25) is 0 Å². The maximum atomic E-state index is 13.6. The third-order valence-electron chi connectivity index (χ3n) is 3.15. The van der Waals surface area contributed by atoms with E-state index >= 15 is 0 Å². The van der Waals surface area contributed by atoms with E-state index in [1.165, 1.54) is 6.92 Å². The van der Waals surface area contributed by atoms with Crippen LogP contribution in [0.4, 0.5) is 14.5 Å². The van der Waals surface area contributed by atoms with E-state index in [-0.39, 0.29) is 23.6 Å². The van der Waals surface area contributed by atoms with Gasteiger partial charge in [0.15, 0.2) is 0 Å². The van der Waals surface area contributed by atoms with Gasteiger partial charge < -0.3 is 9.69 Å². The highest BCUT2D eigenvalue weighted by atomic mass is 19.1. The van der Waals surface area contributed by atoms with Crippen LogP contribution in [-0.2, 0) is 9.59 Å². The topological polar surface area (TPSA) is 54.5 Å². The van der Waals surface area contributed by atoms with Crippen molar-refractivity contribution >= 4 is 23.2 Å². The Morgan fingerprint density at radius 1 is 1.20 bits per heavy atom. The minimum Gasteiger partial charge on any atom is -0.305 e. The molecule has 20 heavy (non-hydrogen) atoms. The predicted octanol–water partition coefficient (Wildman–Crippen LogP) is 2.25. The highest BCUT2D eigenvalue weighted by Crippen LogP contribution is 2.32. The van der Waals surface area contributed by atoms with Crippen LogP contribution in [0.5, 0.6) is 0 Å². The zero-order chi connectivity index (χ0) is 14.9. The van der Waals surface area contributed by atoms with Crippen molar-refractivity contribution < 1.29 is 23.2 Å². The zero-order valence-electron chi connectivity index (χ0n) is 10.9. The van der Waals surface area contributed by atoms with E-state index in [9.17, 15) is 23.2 Å². The van der Waals surface area contributed by atoms with Crippen molar-refractivity contribution in [3.8, 4) is 0 Å². The fourth-order valence-electron chi connectivity index (χ4n) is 2.20. The van der Waals surface area contributed by atoms with E-state index < -0.39 is 23.3 Å². The molecule has 0 spiro atoms. The van der Waals surface area contributed by atoms with Gasteiger partial charge in [-0.1, -0.05) is 0 Å². The highest BCUT2D eigenvalue weighted by molar-refractivity contribution is 6.52. The smallest absolute Gasteiger partial charge is 0.299 e. The van der Waals surface area contributed by atoms with Crippen molar-refractivity contribution in [2.75, 3.05) is 11.4 Å². The first-order valence-corrected chi connectivity index (χ1v) is 6.26. The molecule has 1 aliphatic heterocycles.